The predicted molar refractivity (Wildman–Crippen MR) is 102 cm³/mol. The van der Waals surface area contributed by atoms with Gasteiger partial charge in [-0.05, 0) is 43.8 Å². The molecular formula is C15H14Cl3F3N4S. The molecule has 1 aromatic carbocycles. The van der Waals surface area contributed by atoms with Crippen molar-refractivity contribution in [3.8, 4) is 0 Å². The highest BCUT2D eigenvalue weighted by atomic mass is 35.5. The van der Waals surface area contributed by atoms with Gasteiger partial charge in [0.15, 0.2) is 10.8 Å². The molecule has 0 bridgehead atoms. The summed E-state index contributed by atoms with van der Waals surface area (Å²) in [6.45, 7) is 2.18. The standard InChI is InChI=1S/C15H14Cl3F3N4S/c1-8-12(18)13(15(19,20)21)24-25(8)6-2-5-22-14(26)23-11-4-3-9(16)7-10(11)17/h3-4,7H,2,5-6H2,1H3,(H2,22,23,26). The first kappa shape index (κ1) is 21.1. The lowest BCUT2D eigenvalue weighted by molar-refractivity contribution is -0.141. The van der Waals surface area contributed by atoms with Crippen LogP contribution in [0.5, 0.6) is 0 Å². The van der Waals surface area contributed by atoms with Crippen molar-refractivity contribution in [2.24, 2.45) is 0 Å². The van der Waals surface area contributed by atoms with E-state index in [0.29, 0.717) is 33.8 Å². The van der Waals surface area contributed by atoms with Gasteiger partial charge < -0.3 is 10.6 Å². The quantitative estimate of drug-likeness (QED) is 0.468. The molecule has 1 heterocycles. The van der Waals surface area contributed by atoms with Crippen LogP contribution in [0.1, 0.15) is 17.8 Å². The van der Waals surface area contributed by atoms with Crippen LogP contribution in [0.25, 0.3) is 0 Å². The summed E-state index contributed by atoms with van der Waals surface area (Å²) in [5.74, 6) is 0. The molecule has 0 saturated carbocycles. The van der Waals surface area contributed by atoms with Crippen LogP contribution in [0, 0.1) is 6.92 Å². The largest absolute Gasteiger partial charge is 0.436 e. The van der Waals surface area contributed by atoms with Crippen molar-refractivity contribution in [1.29, 1.82) is 0 Å². The average Bonchev–Trinajstić information content (AvgIpc) is 2.82. The Morgan fingerprint density at radius 3 is 2.54 bits per heavy atom. The second kappa shape index (κ2) is 8.65. The van der Waals surface area contributed by atoms with E-state index in [1.807, 2.05) is 0 Å². The maximum atomic E-state index is 12.8. The third-order valence-electron chi connectivity index (χ3n) is 3.41. The highest BCUT2D eigenvalue weighted by Crippen LogP contribution is 2.35. The van der Waals surface area contributed by atoms with Crippen LogP contribution in [0.4, 0.5) is 18.9 Å². The fraction of sp³-hybridized carbons (Fsp3) is 0.333. The molecule has 2 rings (SSSR count). The van der Waals surface area contributed by atoms with Gasteiger partial charge in [-0.1, -0.05) is 34.8 Å². The Labute approximate surface area is 168 Å². The predicted octanol–water partition coefficient (Wildman–Crippen LogP) is 5.55. The lowest BCUT2D eigenvalue weighted by Gasteiger charge is -2.12. The molecule has 0 radical (unpaired) electrons. The van der Waals surface area contributed by atoms with E-state index in [9.17, 15) is 13.2 Å². The highest BCUT2D eigenvalue weighted by Gasteiger charge is 2.38. The Morgan fingerprint density at radius 1 is 1.27 bits per heavy atom. The van der Waals surface area contributed by atoms with Crippen molar-refractivity contribution in [3.05, 3.63) is 44.7 Å². The number of alkyl halides is 3. The summed E-state index contributed by atoms with van der Waals surface area (Å²) in [6, 6.07) is 4.93. The molecule has 0 saturated heterocycles. The molecule has 11 heteroatoms. The van der Waals surface area contributed by atoms with Crippen LogP contribution >= 0.6 is 47.0 Å². The zero-order valence-electron chi connectivity index (χ0n) is 13.4. The summed E-state index contributed by atoms with van der Waals surface area (Å²) in [5.41, 5.74) is -0.204. The van der Waals surface area contributed by atoms with Crippen molar-refractivity contribution in [2.45, 2.75) is 26.1 Å². The molecule has 0 atom stereocenters. The van der Waals surface area contributed by atoms with Gasteiger partial charge in [0.25, 0.3) is 0 Å². The average molecular weight is 446 g/mol. The first-order valence-corrected chi connectivity index (χ1v) is 8.94. The number of nitrogens with zero attached hydrogens (tertiary/aromatic N) is 2. The minimum Gasteiger partial charge on any atom is -0.362 e. The molecule has 2 N–H and O–H groups in total. The van der Waals surface area contributed by atoms with Crippen molar-refractivity contribution in [1.82, 2.24) is 15.1 Å². The molecule has 0 fully saturated rings. The number of aromatic nitrogens is 2. The normalized spacial score (nSPS) is 11.5. The van der Waals surface area contributed by atoms with Crippen LogP contribution in [0.3, 0.4) is 0 Å². The van der Waals surface area contributed by atoms with E-state index in [4.69, 9.17) is 47.0 Å². The Morgan fingerprint density at radius 2 is 1.96 bits per heavy atom. The fourth-order valence-corrected chi connectivity index (χ4v) is 3.02. The maximum absolute atomic E-state index is 12.8. The van der Waals surface area contributed by atoms with Crippen LogP contribution in [-0.2, 0) is 12.7 Å². The summed E-state index contributed by atoms with van der Waals surface area (Å²) in [6.07, 6.45) is -4.08. The second-order valence-electron chi connectivity index (χ2n) is 5.33. The third kappa shape index (κ3) is 5.39. The smallest absolute Gasteiger partial charge is 0.362 e. The van der Waals surface area contributed by atoms with E-state index in [1.54, 1.807) is 18.2 Å². The number of aryl methyl sites for hydroxylation is 1. The van der Waals surface area contributed by atoms with Crippen LogP contribution in [0.15, 0.2) is 18.2 Å². The molecule has 2 aromatic rings. The molecule has 4 nitrogen and oxygen atoms in total. The van der Waals surface area contributed by atoms with Gasteiger partial charge in [-0.3, -0.25) is 4.68 Å². The summed E-state index contributed by atoms with van der Waals surface area (Å²) in [4.78, 5) is 0. The molecule has 0 spiro atoms. The van der Waals surface area contributed by atoms with E-state index < -0.39 is 11.9 Å². The molecule has 0 aliphatic carbocycles. The number of nitrogens with one attached hydrogen (secondary N) is 2. The van der Waals surface area contributed by atoms with Crippen LogP contribution in [0.2, 0.25) is 15.1 Å². The van der Waals surface area contributed by atoms with Gasteiger partial charge in [0.2, 0.25) is 0 Å². The first-order valence-electron chi connectivity index (χ1n) is 7.39. The van der Waals surface area contributed by atoms with Gasteiger partial charge in [-0.25, -0.2) is 0 Å². The van der Waals surface area contributed by atoms with E-state index in [1.165, 1.54) is 11.6 Å². The van der Waals surface area contributed by atoms with Gasteiger partial charge in [0, 0.05) is 18.1 Å². The van der Waals surface area contributed by atoms with Crippen molar-refractivity contribution in [3.63, 3.8) is 0 Å². The monoisotopic (exact) mass is 444 g/mol. The van der Waals surface area contributed by atoms with Gasteiger partial charge >= 0.3 is 6.18 Å². The summed E-state index contributed by atoms with van der Waals surface area (Å²) < 4.78 is 39.6. The number of anilines is 1. The van der Waals surface area contributed by atoms with Crippen molar-refractivity contribution >= 4 is 57.8 Å². The van der Waals surface area contributed by atoms with E-state index in [2.05, 4.69) is 15.7 Å². The number of benzene rings is 1. The summed E-state index contributed by atoms with van der Waals surface area (Å²) in [7, 11) is 0. The summed E-state index contributed by atoms with van der Waals surface area (Å²) in [5, 5.41) is 10.3. The SMILES string of the molecule is Cc1c(Cl)c(C(F)(F)F)nn1CCCNC(=S)Nc1ccc(Cl)cc1Cl. The van der Waals surface area contributed by atoms with Crippen LogP contribution < -0.4 is 10.6 Å². The van der Waals surface area contributed by atoms with E-state index >= 15 is 0 Å². The van der Waals surface area contributed by atoms with Gasteiger partial charge in [0.05, 0.1) is 21.4 Å². The van der Waals surface area contributed by atoms with E-state index in [-0.39, 0.29) is 17.3 Å². The molecule has 1 aromatic heterocycles. The molecule has 0 aliphatic rings. The molecule has 142 valence electrons. The molecule has 0 amide bonds. The highest BCUT2D eigenvalue weighted by molar-refractivity contribution is 7.80. The number of halogens is 6. The summed E-state index contributed by atoms with van der Waals surface area (Å²) >= 11 is 22.7. The Bertz CT molecular complexity index is 808. The topological polar surface area (TPSA) is 41.9 Å². The Balaban J connectivity index is 1.84. The fourth-order valence-electron chi connectivity index (χ4n) is 2.11. The van der Waals surface area contributed by atoms with Crippen molar-refractivity contribution < 1.29 is 13.2 Å². The zero-order valence-corrected chi connectivity index (χ0v) is 16.5. The lowest BCUT2D eigenvalue weighted by Crippen LogP contribution is -2.30. The molecule has 0 unspecified atom stereocenters. The third-order valence-corrected chi connectivity index (χ3v) is 4.66. The number of rotatable bonds is 5. The van der Waals surface area contributed by atoms with Gasteiger partial charge in [-0.15, -0.1) is 0 Å². The number of hydrogen-bond donors (Lipinski definition) is 2. The minimum atomic E-state index is -4.57. The minimum absolute atomic E-state index is 0.263. The van der Waals surface area contributed by atoms with Gasteiger partial charge in [0.1, 0.15) is 0 Å². The zero-order chi connectivity index (χ0) is 19.5. The maximum Gasteiger partial charge on any atom is 0.436 e. The number of hydrogen-bond acceptors (Lipinski definition) is 2. The molecule has 26 heavy (non-hydrogen) atoms. The lowest BCUT2D eigenvalue weighted by atomic mass is 10.3. The second-order valence-corrected chi connectivity index (χ2v) is 6.96. The molecule has 0 aliphatic heterocycles. The Kier molecular flexibility index (Phi) is 7.01. The van der Waals surface area contributed by atoms with Crippen LogP contribution in [-0.4, -0.2) is 21.4 Å². The van der Waals surface area contributed by atoms with E-state index in [0.717, 1.165) is 0 Å². The van der Waals surface area contributed by atoms with Crippen molar-refractivity contribution in [2.75, 3.05) is 11.9 Å². The Hall–Kier alpha value is -1.22. The number of thiocarbonyl (C=S) groups is 1. The van der Waals surface area contributed by atoms with Gasteiger partial charge in [-0.2, -0.15) is 18.3 Å². The molecular weight excluding hydrogens is 432 g/mol. The first-order chi connectivity index (χ1) is 12.1.